The van der Waals surface area contributed by atoms with Crippen molar-refractivity contribution in [2.24, 2.45) is 5.92 Å². The topological polar surface area (TPSA) is 58.4 Å². The summed E-state index contributed by atoms with van der Waals surface area (Å²) < 4.78 is 0. The molecule has 0 aliphatic carbocycles. The lowest BCUT2D eigenvalue weighted by molar-refractivity contribution is 0.0946. The van der Waals surface area contributed by atoms with E-state index in [1.807, 2.05) is 12.1 Å². The van der Waals surface area contributed by atoms with Gasteiger partial charge in [0.15, 0.2) is 0 Å². The molecule has 4 heteroatoms. The van der Waals surface area contributed by atoms with Crippen molar-refractivity contribution in [3.63, 3.8) is 0 Å². The van der Waals surface area contributed by atoms with Crippen LogP contribution in [0, 0.1) is 5.92 Å². The highest BCUT2D eigenvalue weighted by Gasteiger charge is 2.15. The van der Waals surface area contributed by atoms with Crippen LogP contribution in [0.5, 0.6) is 0 Å². The van der Waals surface area contributed by atoms with Gasteiger partial charge in [0, 0.05) is 18.8 Å². The molecule has 1 aliphatic heterocycles. The molecule has 19 heavy (non-hydrogen) atoms. The lowest BCUT2D eigenvalue weighted by Crippen LogP contribution is -2.34. The number of anilines is 1. The zero-order chi connectivity index (χ0) is 13.7. The third-order valence-electron chi connectivity index (χ3n) is 3.59. The van der Waals surface area contributed by atoms with Gasteiger partial charge < -0.3 is 16.0 Å². The van der Waals surface area contributed by atoms with Crippen LogP contribution in [0.2, 0.25) is 0 Å². The van der Waals surface area contributed by atoms with Crippen LogP contribution in [-0.4, -0.2) is 37.0 Å². The Balaban J connectivity index is 1.78. The number of nitrogens with zero attached hydrogens (tertiary/aromatic N) is 1. The highest BCUT2D eigenvalue weighted by molar-refractivity contribution is 5.99. The first-order valence-electron chi connectivity index (χ1n) is 7.02. The first-order chi connectivity index (χ1) is 9.16. The largest absolute Gasteiger partial charge is 0.398 e. The highest BCUT2D eigenvalue weighted by Crippen LogP contribution is 2.11. The number of amides is 1. The second-order valence-corrected chi connectivity index (χ2v) is 5.41. The molecular weight excluding hydrogens is 238 g/mol. The van der Waals surface area contributed by atoms with E-state index in [1.165, 1.54) is 25.9 Å². The van der Waals surface area contributed by atoms with Gasteiger partial charge in [-0.05, 0) is 44.0 Å². The molecule has 104 valence electrons. The zero-order valence-corrected chi connectivity index (χ0v) is 11.6. The molecule has 1 fully saturated rings. The molecule has 4 nitrogen and oxygen atoms in total. The number of hydrogen-bond donors (Lipinski definition) is 2. The van der Waals surface area contributed by atoms with Crippen LogP contribution >= 0.6 is 0 Å². The van der Waals surface area contributed by atoms with E-state index in [2.05, 4.69) is 17.1 Å². The number of carbonyl (C=O) groups excluding carboxylic acids is 1. The van der Waals surface area contributed by atoms with Gasteiger partial charge in [-0.3, -0.25) is 4.79 Å². The van der Waals surface area contributed by atoms with Crippen molar-refractivity contribution in [2.75, 3.05) is 31.9 Å². The summed E-state index contributed by atoms with van der Waals surface area (Å²) in [6, 6.07) is 7.18. The van der Waals surface area contributed by atoms with Gasteiger partial charge in [0.05, 0.1) is 5.56 Å². The molecule has 1 aromatic carbocycles. The number of hydrogen-bond acceptors (Lipinski definition) is 3. The van der Waals surface area contributed by atoms with Crippen LogP contribution in [0.15, 0.2) is 24.3 Å². The maximum atomic E-state index is 12.0. The summed E-state index contributed by atoms with van der Waals surface area (Å²) in [4.78, 5) is 14.5. The van der Waals surface area contributed by atoms with Gasteiger partial charge in [0.1, 0.15) is 0 Å². The molecule has 1 heterocycles. The van der Waals surface area contributed by atoms with E-state index in [0.29, 0.717) is 23.7 Å². The lowest BCUT2D eigenvalue weighted by Gasteiger charge is -2.20. The highest BCUT2D eigenvalue weighted by atomic mass is 16.1. The first-order valence-corrected chi connectivity index (χ1v) is 7.02. The number of nitrogens with two attached hydrogens (primary N) is 1. The number of carbonyl (C=O) groups is 1. The summed E-state index contributed by atoms with van der Waals surface area (Å²) >= 11 is 0. The monoisotopic (exact) mass is 261 g/mol. The maximum absolute atomic E-state index is 12.0. The van der Waals surface area contributed by atoms with Gasteiger partial charge in [-0.25, -0.2) is 0 Å². The molecule has 1 aliphatic rings. The van der Waals surface area contributed by atoms with E-state index in [9.17, 15) is 4.79 Å². The van der Waals surface area contributed by atoms with E-state index >= 15 is 0 Å². The van der Waals surface area contributed by atoms with Gasteiger partial charge >= 0.3 is 0 Å². The van der Waals surface area contributed by atoms with Gasteiger partial charge in [-0.1, -0.05) is 19.1 Å². The minimum atomic E-state index is -0.0774. The average Bonchev–Trinajstić information content (AvgIpc) is 2.89. The predicted octanol–water partition coefficient (Wildman–Crippen LogP) is 1.73. The van der Waals surface area contributed by atoms with Crippen molar-refractivity contribution in [3.05, 3.63) is 29.8 Å². The molecule has 1 amide bonds. The van der Waals surface area contributed by atoms with Crippen molar-refractivity contribution < 1.29 is 4.79 Å². The molecule has 0 aromatic heterocycles. The minimum absolute atomic E-state index is 0.0774. The second-order valence-electron chi connectivity index (χ2n) is 5.41. The normalized spacial score (nSPS) is 17.3. The van der Waals surface area contributed by atoms with Crippen molar-refractivity contribution >= 4 is 11.6 Å². The SMILES string of the molecule is CC(CNC(=O)c1ccccc1N)CN1CCCC1. The first kappa shape index (κ1) is 13.9. The number of rotatable bonds is 5. The smallest absolute Gasteiger partial charge is 0.253 e. The third-order valence-corrected chi connectivity index (χ3v) is 3.59. The van der Waals surface area contributed by atoms with Crippen molar-refractivity contribution in [3.8, 4) is 0 Å². The predicted molar refractivity (Wildman–Crippen MR) is 78.0 cm³/mol. The number of nitrogens with one attached hydrogen (secondary N) is 1. The lowest BCUT2D eigenvalue weighted by atomic mass is 10.1. The number of likely N-dealkylation sites (tertiary alicyclic amines) is 1. The molecule has 1 atom stereocenters. The third kappa shape index (κ3) is 3.96. The zero-order valence-electron chi connectivity index (χ0n) is 11.6. The van der Waals surface area contributed by atoms with Crippen molar-refractivity contribution in [1.29, 1.82) is 0 Å². The van der Waals surface area contributed by atoms with Gasteiger partial charge in [0.2, 0.25) is 0 Å². The summed E-state index contributed by atoms with van der Waals surface area (Å²) in [5.74, 6) is 0.387. The molecule has 0 bridgehead atoms. The van der Waals surface area contributed by atoms with Gasteiger partial charge in [-0.15, -0.1) is 0 Å². The Morgan fingerprint density at radius 2 is 2.05 bits per heavy atom. The van der Waals surface area contributed by atoms with E-state index < -0.39 is 0 Å². The molecule has 0 spiro atoms. The fourth-order valence-electron chi connectivity index (χ4n) is 2.54. The fraction of sp³-hybridized carbons (Fsp3) is 0.533. The Bertz CT molecular complexity index is 427. The Morgan fingerprint density at radius 1 is 1.37 bits per heavy atom. The van der Waals surface area contributed by atoms with E-state index in [4.69, 9.17) is 5.73 Å². The van der Waals surface area contributed by atoms with Crippen molar-refractivity contribution in [1.82, 2.24) is 10.2 Å². The van der Waals surface area contributed by atoms with E-state index in [-0.39, 0.29) is 5.91 Å². The summed E-state index contributed by atoms with van der Waals surface area (Å²) in [6.45, 7) is 6.33. The van der Waals surface area contributed by atoms with Gasteiger partial charge in [0.25, 0.3) is 5.91 Å². The molecule has 1 saturated heterocycles. The Hall–Kier alpha value is -1.55. The molecule has 0 saturated carbocycles. The molecular formula is C15H23N3O. The van der Waals surface area contributed by atoms with Crippen LogP contribution in [0.3, 0.4) is 0 Å². The minimum Gasteiger partial charge on any atom is -0.398 e. The summed E-state index contributed by atoms with van der Waals surface area (Å²) in [7, 11) is 0. The number of nitrogen functional groups attached to an aromatic ring is 1. The summed E-state index contributed by atoms with van der Waals surface area (Å²) in [5.41, 5.74) is 6.89. The van der Waals surface area contributed by atoms with Crippen molar-refractivity contribution in [2.45, 2.75) is 19.8 Å². The van der Waals surface area contributed by atoms with Crippen LogP contribution < -0.4 is 11.1 Å². The molecule has 3 N–H and O–H groups in total. The van der Waals surface area contributed by atoms with Gasteiger partial charge in [-0.2, -0.15) is 0 Å². The van der Waals surface area contributed by atoms with Crippen LogP contribution in [0.25, 0.3) is 0 Å². The standard InChI is InChI=1S/C15H23N3O/c1-12(11-18-8-4-5-9-18)10-17-15(19)13-6-2-3-7-14(13)16/h2-3,6-7,12H,4-5,8-11,16H2,1H3,(H,17,19). The fourth-order valence-corrected chi connectivity index (χ4v) is 2.54. The molecule has 1 aromatic rings. The Morgan fingerprint density at radius 3 is 2.74 bits per heavy atom. The van der Waals surface area contributed by atoms with E-state index in [1.54, 1.807) is 12.1 Å². The van der Waals surface area contributed by atoms with Crippen LogP contribution in [-0.2, 0) is 0 Å². The van der Waals surface area contributed by atoms with Crippen LogP contribution in [0.1, 0.15) is 30.1 Å². The quantitative estimate of drug-likeness (QED) is 0.794. The number of benzene rings is 1. The molecule has 2 rings (SSSR count). The number of para-hydroxylation sites is 1. The van der Waals surface area contributed by atoms with E-state index in [0.717, 1.165) is 6.54 Å². The Labute approximate surface area is 115 Å². The van der Waals surface area contributed by atoms with Crippen LogP contribution in [0.4, 0.5) is 5.69 Å². The molecule has 0 radical (unpaired) electrons. The summed E-state index contributed by atoms with van der Waals surface area (Å²) in [5, 5.41) is 2.97. The second kappa shape index (κ2) is 6.57. The molecule has 1 unspecified atom stereocenters. The summed E-state index contributed by atoms with van der Waals surface area (Å²) in [6.07, 6.45) is 2.61. The Kier molecular flexibility index (Phi) is 4.80. The average molecular weight is 261 g/mol. The maximum Gasteiger partial charge on any atom is 0.253 e.